The third-order valence-corrected chi connectivity index (χ3v) is 0.959. The summed E-state index contributed by atoms with van der Waals surface area (Å²) in [5, 5.41) is 15.8. The molecule has 0 saturated carbocycles. The number of aliphatic hydroxyl groups excluding tert-OH is 1. The van der Waals surface area contributed by atoms with Crippen LogP contribution in [0.15, 0.2) is 0 Å². The molecule has 0 rings (SSSR count). The van der Waals surface area contributed by atoms with E-state index in [0.29, 0.717) is 19.4 Å². The van der Waals surface area contributed by atoms with Crippen molar-refractivity contribution < 1.29 is 19.7 Å². The van der Waals surface area contributed by atoms with Gasteiger partial charge in [-0.25, -0.2) is 0 Å². The molecule has 0 heterocycles. The second kappa shape index (κ2) is 10.4. The van der Waals surface area contributed by atoms with Crippen LogP contribution in [0.25, 0.3) is 0 Å². The minimum absolute atomic E-state index is 0.123. The first-order valence-electron chi connectivity index (χ1n) is 4.10. The lowest BCUT2D eigenvalue weighted by Gasteiger charge is -1.93. The van der Waals surface area contributed by atoms with Crippen LogP contribution < -0.4 is 0 Å². The van der Waals surface area contributed by atoms with Gasteiger partial charge in [-0.3, -0.25) is 4.79 Å². The number of ether oxygens (including phenoxy) is 1. The monoisotopic (exact) mass is 178 g/mol. The number of hydrogen-bond donors (Lipinski definition) is 2. The quantitative estimate of drug-likeness (QED) is 0.492. The molecule has 74 valence electrons. The minimum Gasteiger partial charge on any atom is -0.466 e. The van der Waals surface area contributed by atoms with Gasteiger partial charge in [0.1, 0.15) is 0 Å². The molecule has 4 heteroatoms. The molecule has 0 atom stereocenters. The zero-order valence-corrected chi connectivity index (χ0v) is 7.91. The lowest BCUT2D eigenvalue weighted by Crippen LogP contribution is -2.00. The fourth-order valence-corrected chi connectivity index (χ4v) is 0.263. The highest BCUT2D eigenvalue weighted by Gasteiger charge is 1.91. The first-order chi connectivity index (χ1) is 5.58. The molecule has 0 saturated heterocycles. The zero-order valence-electron chi connectivity index (χ0n) is 7.91. The van der Waals surface area contributed by atoms with E-state index in [-0.39, 0.29) is 5.97 Å². The summed E-state index contributed by atoms with van der Waals surface area (Å²) in [6.45, 7) is 5.77. The summed E-state index contributed by atoms with van der Waals surface area (Å²) in [6, 6.07) is 0. The predicted octanol–water partition coefficient (Wildman–Crippen LogP) is 0.667. The Bertz CT molecular complexity index is 101. The number of esters is 1. The summed E-state index contributed by atoms with van der Waals surface area (Å²) in [7, 11) is 0. The van der Waals surface area contributed by atoms with Crippen LogP contribution in [0.5, 0.6) is 0 Å². The second-order valence-corrected chi connectivity index (χ2v) is 2.05. The molecule has 0 amide bonds. The Morgan fingerprint density at radius 3 is 1.83 bits per heavy atom. The SMILES string of the molecule is CCC(O)O.CCOC(=O)CC. The molecule has 0 radical (unpaired) electrons. The van der Waals surface area contributed by atoms with E-state index in [2.05, 4.69) is 4.74 Å². The van der Waals surface area contributed by atoms with Gasteiger partial charge in [-0.2, -0.15) is 0 Å². The van der Waals surface area contributed by atoms with Gasteiger partial charge < -0.3 is 14.9 Å². The Labute approximate surface area is 73.2 Å². The molecule has 12 heavy (non-hydrogen) atoms. The van der Waals surface area contributed by atoms with Crippen LogP contribution in [0.4, 0.5) is 0 Å². The molecule has 0 aromatic carbocycles. The van der Waals surface area contributed by atoms with Gasteiger partial charge >= 0.3 is 5.97 Å². The molecule has 0 aliphatic rings. The van der Waals surface area contributed by atoms with E-state index in [1.165, 1.54) is 0 Å². The molecule has 0 aromatic rings. The molecule has 0 unspecified atom stereocenters. The number of aliphatic hydroxyl groups is 2. The van der Waals surface area contributed by atoms with Crippen LogP contribution in [0.3, 0.4) is 0 Å². The van der Waals surface area contributed by atoms with E-state index in [0.717, 1.165) is 0 Å². The largest absolute Gasteiger partial charge is 0.466 e. The third kappa shape index (κ3) is 16.2. The van der Waals surface area contributed by atoms with E-state index in [1.807, 2.05) is 0 Å². The topological polar surface area (TPSA) is 66.8 Å². The smallest absolute Gasteiger partial charge is 0.305 e. The molecule has 0 bridgehead atoms. The maximum Gasteiger partial charge on any atom is 0.305 e. The maximum atomic E-state index is 10.2. The average molecular weight is 178 g/mol. The van der Waals surface area contributed by atoms with Crippen molar-refractivity contribution in [3.8, 4) is 0 Å². The van der Waals surface area contributed by atoms with Crippen molar-refractivity contribution >= 4 is 5.97 Å². The Balaban J connectivity index is 0. The average Bonchev–Trinajstić information content (AvgIpc) is 2.06. The van der Waals surface area contributed by atoms with Gasteiger partial charge in [0.15, 0.2) is 6.29 Å². The highest BCUT2D eigenvalue weighted by atomic mass is 16.5. The van der Waals surface area contributed by atoms with Crippen molar-refractivity contribution in [1.29, 1.82) is 0 Å². The summed E-state index contributed by atoms with van der Waals surface area (Å²) in [5.74, 6) is -0.123. The molecule has 0 aromatic heterocycles. The van der Waals surface area contributed by atoms with Gasteiger partial charge in [0.25, 0.3) is 0 Å². The summed E-state index contributed by atoms with van der Waals surface area (Å²) in [4.78, 5) is 10.2. The fourth-order valence-electron chi connectivity index (χ4n) is 0.263. The lowest BCUT2D eigenvalue weighted by molar-refractivity contribution is -0.142. The van der Waals surface area contributed by atoms with Crippen molar-refractivity contribution in [3.05, 3.63) is 0 Å². The predicted molar refractivity (Wildman–Crippen MR) is 45.4 cm³/mol. The highest BCUT2D eigenvalue weighted by Crippen LogP contribution is 1.80. The van der Waals surface area contributed by atoms with Crippen LogP contribution in [-0.2, 0) is 9.53 Å². The van der Waals surface area contributed by atoms with E-state index in [4.69, 9.17) is 10.2 Å². The number of hydrogen-bond acceptors (Lipinski definition) is 4. The van der Waals surface area contributed by atoms with Gasteiger partial charge in [-0.15, -0.1) is 0 Å². The molecular formula is C8H18O4. The standard InChI is InChI=1S/C5H10O2.C3H8O2/c1-3-5(6)7-4-2;1-2-3(4)5/h3-4H2,1-2H3;3-5H,2H2,1H3. The van der Waals surface area contributed by atoms with Crippen molar-refractivity contribution in [1.82, 2.24) is 0 Å². The van der Waals surface area contributed by atoms with Crippen LogP contribution in [0.1, 0.15) is 33.6 Å². The zero-order chi connectivity index (χ0) is 9.98. The van der Waals surface area contributed by atoms with Gasteiger partial charge in [0, 0.05) is 6.42 Å². The third-order valence-electron chi connectivity index (χ3n) is 0.959. The van der Waals surface area contributed by atoms with Crippen molar-refractivity contribution in [2.45, 2.75) is 39.9 Å². The number of rotatable bonds is 3. The van der Waals surface area contributed by atoms with Crippen LogP contribution >= 0.6 is 0 Å². The van der Waals surface area contributed by atoms with Gasteiger partial charge in [-0.05, 0) is 13.3 Å². The van der Waals surface area contributed by atoms with Crippen molar-refractivity contribution in [3.63, 3.8) is 0 Å². The minimum atomic E-state index is -1.12. The van der Waals surface area contributed by atoms with E-state index < -0.39 is 6.29 Å². The second-order valence-electron chi connectivity index (χ2n) is 2.05. The Hall–Kier alpha value is -0.610. The molecule has 0 aliphatic heterocycles. The molecule has 0 aliphatic carbocycles. The summed E-state index contributed by atoms with van der Waals surface area (Å²) in [6.07, 6.45) is -0.219. The summed E-state index contributed by atoms with van der Waals surface area (Å²) >= 11 is 0. The molecule has 0 fully saturated rings. The van der Waals surface area contributed by atoms with E-state index in [9.17, 15) is 4.79 Å². The number of carbonyl (C=O) groups excluding carboxylic acids is 1. The summed E-state index contributed by atoms with van der Waals surface area (Å²) in [5.41, 5.74) is 0. The van der Waals surface area contributed by atoms with E-state index >= 15 is 0 Å². The Morgan fingerprint density at radius 2 is 1.75 bits per heavy atom. The first-order valence-corrected chi connectivity index (χ1v) is 4.10. The normalized spacial score (nSPS) is 8.83. The molecular weight excluding hydrogens is 160 g/mol. The van der Waals surface area contributed by atoms with Crippen molar-refractivity contribution in [2.75, 3.05) is 6.61 Å². The first kappa shape index (κ1) is 13.9. The fraction of sp³-hybridized carbons (Fsp3) is 0.875. The van der Waals surface area contributed by atoms with Gasteiger partial charge in [0.05, 0.1) is 6.61 Å². The highest BCUT2D eigenvalue weighted by molar-refractivity contribution is 5.68. The van der Waals surface area contributed by atoms with Gasteiger partial charge in [0.2, 0.25) is 0 Å². The Morgan fingerprint density at radius 1 is 1.33 bits per heavy atom. The maximum absolute atomic E-state index is 10.2. The molecule has 4 nitrogen and oxygen atoms in total. The van der Waals surface area contributed by atoms with Crippen molar-refractivity contribution in [2.24, 2.45) is 0 Å². The number of carbonyl (C=O) groups is 1. The van der Waals surface area contributed by atoms with Gasteiger partial charge in [-0.1, -0.05) is 13.8 Å². The summed E-state index contributed by atoms with van der Waals surface area (Å²) < 4.78 is 4.55. The van der Waals surface area contributed by atoms with E-state index in [1.54, 1.807) is 20.8 Å². The molecule has 0 spiro atoms. The lowest BCUT2D eigenvalue weighted by atomic mass is 10.5. The van der Waals surface area contributed by atoms with Crippen LogP contribution in [0, 0.1) is 0 Å². The Kier molecular flexibility index (Phi) is 12.1. The van der Waals surface area contributed by atoms with Crippen LogP contribution in [0.2, 0.25) is 0 Å². The van der Waals surface area contributed by atoms with Crippen LogP contribution in [-0.4, -0.2) is 29.1 Å². The molecule has 2 N–H and O–H groups in total.